The molecule has 0 radical (unpaired) electrons. The monoisotopic (exact) mass is 410 g/mol. The minimum absolute atomic E-state index is 0. The molecule has 3 N–H and O–H groups in total. The Morgan fingerprint density at radius 3 is 2.50 bits per heavy atom. The first kappa shape index (κ1) is 21.2. The van der Waals surface area contributed by atoms with Gasteiger partial charge < -0.3 is 15.8 Å². The number of ether oxygens (including phenoxy) is 1. The number of halogens is 2. The SMILES string of the molecule is COC(=O)CSCCNC(=O)C(C)(N)c1ccc(Br)cc1.Cl. The summed E-state index contributed by atoms with van der Waals surface area (Å²) in [5, 5.41) is 2.78. The van der Waals surface area contributed by atoms with Gasteiger partial charge in [-0.1, -0.05) is 28.1 Å². The number of hydrogen-bond acceptors (Lipinski definition) is 5. The Morgan fingerprint density at radius 2 is 1.95 bits per heavy atom. The molecule has 8 heteroatoms. The zero-order valence-electron chi connectivity index (χ0n) is 12.4. The smallest absolute Gasteiger partial charge is 0.315 e. The van der Waals surface area contributed by atoms with E-state index >= 15 is 0 Å². The minimum atomic E-state index is -1.09. The second-order valence-corrected chi connectivity index (χ2v) is 6.61. The third-order valence-corrected chi connectivity index (χ3v) is 4.36. The van der Waals surface area contributed by atoms with Crippen molar-refractivity contribution in [3.63, 3.8) is 0 Å². The van der Waals surface area contributed by atoms with Gasteiger partial charge >= 0.3 is 5.97 Å². The fourth-order valence-corrected chi connectivity index (χ4v) is 2.50. The summed E-state index contributed by atoms with van der Waals surface area (Å²) >= 11 is 4.74. The van der Waals surface area contributed by atoms with Crippen molar-refractivity contribution in [2.45, 2.75) is 12.5 Å². The van der Waals surface area contributed by atoms with Crippen molar-refractivity contribution in [3.8, 4) is 0 Å². The summed E-state index contributed by atoms with van der Waals surface area (Å²) in [5.41, 5.74) is 5.76. The first-order valence-electron chi connectivity index (χ1n) is 6.35. The van der Waals surface area contributed by atoms with Gasteiger partial charge in [-0.3, -0.25) is 9.59 Å². The molecule has 0 aliphatic heterocycles. The predicted molar refractivity (Wildman–Crippen MR) is 95.3 cm³/mol. The van der Waals surface area contributed by atoms with Crippen LogP contribution >= 0.6 is 40.1 Å². The third kappa shape index (κ3) is 6.56. The number of thioether (sulfide) groups is 1. The molecule has 22 heavy (non-hydrogen) atoms. The Bertz CT molecular complexity index is 497. The molecule has 0 saturated heterocycles. The molecule has 0 aliphatic rings. The normalized spacial score (nSPS) is 12.7. The van der Waals surface area contributed by atoms with Crippen LogP contribution in [-0.4, -0.2) is 37.0 Å². The number of carbonyl (C=O) groups excluding carboxylic acids is 2. The fraction of sp³-hybridized carbons (Fsp3) is 0.429. The number of methoxy groups -OCH3 is 1. The van der Waals surface area contributed by atoms with Crippen molar-refractivity contribution in [2.24, 2.45) is 5.73 Å². The van der Waals surface area contributed by atoms with E-state index in [1.165, 1.54) is 18.9 Å². The van der Waals surface area contributed by atoms with E-state index in [1.54, 1.807) is 6.92 Å². The maximum absolute atomic E-state index is 12.2. The topological polar surface area (TPSA) is 81.4 Å². The van der Waals surface area contributed by atoms with Gasteiger partial charge in [-0.25, -0.2) is 0 Å². The summed E-state index contributed by atoms with van der Waals surface area (Å²) in [5.74, 6) is 0.379. The van der Waals surface area contributed by atoms with Gasteiger partial charge in [-0.15, -0.1) is 24.2 Å². The standard InChI is InChI=1S/C14H19BrN2O3S.ClH/c1-14(16,10-3-5-11(15)6-4-10)13(19)17-7-8-21-9-12(18)20-2;/h3-6H,7-9,16H2,1-2H3,(H,17,19);1H. The number of nitrogens with two attached hydrogens (primary N) is 1. The molecule has 0 aromatic heterocycles. The molecule has 1 amide bonds. The molecular formula is C14H20BrClN2O3S. The molecule has 0 aliphatic carbocycles. The Kier molecular flexibility index (Phi) is 9.75. The molecule has 0 saturated carbocycles. The number of rotatable bonds is 7. The largest absolute Gasteiger partial charge is 0.468 e. The minimum Gasteiger partial charge on any atom is -0.468 e. The van der Waals surface area contributed by atoms with Gasteiger partial charge in [0, 0.05) is 16.8 Å². The second kappa shape index (κ2) is 10.1. The Morgan fingerprint density at radius 1 is 1.36 bits per heavy atom. The molecule has 1 rings (SSSR count). The lowest BCUT2D eigenvalue weighted by atomic mass is 9.92. The average Bonchev–Trinajstić information content (AvgIpc) is 2.46. The Labute approximate surface area is 149 Å². The molecule has 1 aromatic carbocycles. The van der Waals surface area contributed by atoms with Gasteiger partial charge in [0.2, 0.25) is 5.91 Å². The van der Waals surface area contributed by atoms with E-state index < -0.39 is 5.54 Å². The highest BCUT2D eigenvalue weighted by Crippen LogP contribution is 2.20. The molecule has 124 valence electrons. The van der Waals surface area contributed by atoms with Crippen LogP contribution in [-0.2, 0) is 19.9 Å². The van der Waals surface area contributed by atoms with Gasteiger partial charge in [0.15, 0.2) is 0 Å². The number of carbonyl (C=O) groups is 2. The average molecular weight is 412 g/mol. The summed E-state index contributed by atoms with van der Waals surface area (Å²) in [4.78, 5) is 23.1. The number of nitrogens with one attached hydrogen (secondary N) is 1. The number of hydrogen-bond donors (Lipinski definition) is 2. The number of esters is 1. The number of amides is 1. The van der Waals surface area contributed by atoms with Crippen molar-refractivity contribution in [2.75, 3.05) is 25.2 Å². The Hall–Kier alpha value is -0.760. The van der Waals surface area contributed by atoms with E-state index in [-0.39, 0.29) is 30.0 Å². The maximum Gasteiger partial charge on any atom is 0.315 e. The molecule has 1 atom stereocenters. The van der Waals surface area contributed by atoms with Crippen LogP contribution in [0, 0.1) is 0 Å². The van der Waals surface area contributed by atoms with Crippen LogP contribution in [0.15, 0.2) is 28.7 Å². The first-order chi connectivity index (χ1) is 9.87. The molecule has 0 fully saturated rings. The zero-order valence-corrected chi connectivity index (χ0v) is 15.6. The van der Waals surface area contributed by atoms with E-state index in [4.69, 9.17) is 5.73 Å². The van der Waals surface area contributed by atoms with E-state index in [0.717, 1.165) is 10.0 Å². The van der Waals surface area contributed by atoms with Crippen LogP contribution in [0.4, 0.5) is 0 Å². The summed E-state index contributed by atoms with van der Waals surface area (Å²) < 4.78 is 5.46. The van der Waals surface area contributed by atoms with Crippen LogP contribution < -0.4 is 11.1 Å². The van der Waals surface area contributed by atoms with Crippen molar-refractivity contribution in [3.05, 3.63) is 34.3 Å². The van der Waals surface area contributed by atoms with Crippen LogP contribution in [0.25, 0.3) is 0 Å². The van der Waals surface area contributed by atoms with Crippen molar-refractivity contribution in [1.29, 1.82) is 0 Å². The fourth-order valence-electron chi connectivity index (χ4n) is 1.56. The van der Waals surface area contributed by atoms with Crippen molar-refractivity contribution in [1.82, 2.24) is 5.32 Å². The molecule has 0 bridgehead atoms. The van der Waals surface area contributed by atoms with Crippen LogP contribution in [0.5, 0.6) is 0 Å². The van der Waals surface area contributed by atoms with Gasteiger partial charge in [-0.2, -0.15) is 0 Å². The van der Waals surface area contributed by atoms with Crippen molar-refractivity contribution >= 4 is 52.0 Å². The molecular weight excluding hydrogens is 392 g/mol. The number of benzene rings is 1. The van der Waals surface area contributed by atoms with E-state index in [0.29, 0.717) is 12.3 Å². The predicted octanol–water partition coefficient (Wildman–Crippen LogP) is 2.07. The zero-order chi connectivity index (χ0) is 15.9. The van der Waals surface area contributed by atoms with Gasteiger partial charge in [0.1, 0.15) is 5.54 Å². The van der Waals surface area contributed by atoms with Crippen LogP contribution in [0.1, 0.15) is 12.5 Å². The maximum atomic E-state index is 12.2. The summed E-state index contributed by atoms with van der Waals surface area (Å²) in [7, 11) is 1.35. The molecule has 1 aromatic rings. The molecule has 5 nitrogen and oxygen atoms in total. The van der Waals surface area contributed by atoms with Gasteiger partial charge in [0.05, 0.1) is 12.9 Å². The van der Waals surface area contributed by atoms with E-state index in [9.17, 15) is 9.59 Å². The van der Waals surface area contributed by atoms with Crippen molar-refractivity contribution < 1.29 is 14.3 Å². The van der Waals surface area contributed by atoms with Crippen LogP contribution in [0.3, 0.4) is 0 Å². The van der Waals surface area contributed by atoms with Crippen LogP contribution in [0.2, 0.25) is 0 Å². The molecule has 0 spiro atoms. The molecule has 1 unspecified atom stereocenters. The lowest BCUT2D eigenvalue weighted by molar-refractivity contribution is -0.137. The highest BCUT2D eigenvalue weighted by Gasteiger charge is 2.29. The van der Waals surface area contributed by atoms with Gasteiger partial charge in [-0.05, 0) is 24.6 Å². The third-order valence-electron chi connectivity index (χ3n) is 2.90. The van der Waals surface area contributed by atoms with E-state index in [1.807, 2.05) is 24.3 Å². The highest BCUT2D eigenvalue weighted by molar-refractivity contribution is 9.10. The van der Waals surface area contributed by atoms with Gasteiger partial charge in [0.25, 0.3) is 0 Å². The summed E-state index contributed by atoms with van der Waals surface area (Å²) in [6.45, 7) is 2.12. The first-order valence-corrected chi connectivity index (χ1v) is 8.30. The lowest BCUT2D eigenvalue weighted by Gasteiger charge is -2.24. The highest BCUT2D eigenvalue weighted by atomic mass is 79.9. The summed E-state index contributed by atoms with van der Waals surface area (Å²) in [6, 6.07) is 7.32. The lowest BCUT2D eigenvalue weighted by Crippen LogP contribution is -2.49. The van der Waals surface area contributed by atoms with E-state index in [2.05, 4.69) is 26.0 Å². The second-order valence-electron chi connectivity index (χ2n) is 4.59. The molecule has 0 heterocycles. The summed E-state index contributed by atoms with van der Waals surface area (Å²) in [6.07, 6.45) is 0. The quantitative estimate of drug-likeness (QED) is 0.530. The Balaban J connectivity index is 0.00000441.